The van der Waals surface area contributed by atoms with Gasteiger partial charge in [-0.2, -0.15) is 0 Å². The fourth-order valence-electron chi connectivity index (χ4n) is 0.352. The van der Waals surface area contributed by atoms with Crippen LogP contribution in [-0.2, 0) is 9.53 Å². The first-order chi connectivity index (χ1) is 4.76. The number of ether oxygens (including phenoxy) is 1. The number of carbonyl (C=O) groups is 1. The van der Waals surface area contributed by atoms with E-state index in [1.807, 2.05) is 0 Å². The maximum Gasteiger partial charge on any atom is 0.335 e. The summed E-state index contributed by atoms with van der Waals surface area (Å²) in [5.41, 5.74) is 0.585. The molecule has 0 saturated carbocycles. The van der Waals surface area contributed by atoms with Gasteiger partial charge in [0.2, 0.25) is 0 Å². The Morgan fingerprint density at radius 2 is 2.30 bits per heavy atom. The highest BCUT2D eigenvalue weighted by Gasteiger charge is 2.06. The number of hydrogen-bond acceptors (Lipinski definition) is 2. The van der Waals surface area contributed by atoms with Gasteiger partial charge in [-0.05, 0) is 11.9 Å². The summed E-state index contributed by atoms with van der Waals surface area (Å²) in [5.74, 6) is -0.281. The lowest BCUT2D eigenvalue weighted by molar-refractivity contribution is -0.138. The SMILES string of the molecule is CCOC(=O)C(=CBr)CBr. The average molecular weight is 272 g/mol. The number of esters is 1. The van der Waals surface area contributed by atoms with E-state index in [2.05, 4.69) is 31.9 Å². The molecule has 0 saturated heterocycles. The molecular weight excluding hydrogens is 264 g/mol. The van der Waals surface area contributed by atoms with Crippen molar-refractivity contribution >= 4 is 37.8 Å². The van der Waals surface area contributed by atoms with Crippen molar-refractivity contribution in [1.82, 2.24) is 0 Å². The van der Waals surface area contributed by atoms with E-state index in [0.717, 1.165) is 0 Å². The number of rotatable bonds is 3. The van der Waals surface area contributed by atoms with Crippen LogP contribution in [0.5, 0.6) is 0 Å². The van der Waals surface area contributed by atoms with Crippen LogP contribution in [0.3, 0.4) is 0 Å². The second-order valence-corrected chi connectivity index (χ2v) is 2.51. The zero-order valence-electron chi connectivity index (χ0n) is 5.56. The van der Waals surface area contributed by atoms with Crippen LogP contribution >= 0.6 is 31.9 Å². The molecule has 0 rings (SSSR count). The summed E-state index contributed by atoms with van der Waals surface area (Å²) in [6.45, 7) is 2.19. The van der Waals surface area contributed by atoms with Gasteiger partial charge in [0.05, 0.1) is 12.2 Å². The van der Waals surface area contributed by atoms with E-state index >= 15 is 0 Å². The molecule has 0 spiro atoms. The van der Waals surface area contributed by atoms with Crippen LogP contribution in [0.25, 0.3) is 0 Å². The average Bonchev–Trinajstić information content (AvgIpc) is 1.91. The fourth-order valence-corrected chi connectivity index (χ4v) is 1.53. The zero-order valence-corrected chi connectivity index (χ0v) is 8.74. The first kappa shape index (κ1) is 10.2. The number of alkyl halides is 1. The van der Waals surface area contributed by atoms with Gasteiger partial charge in [0.1, 0.15) is 0 Å². The van der Waals surface area contributed by atoms with Gasteiger partial charge < -0.3 is 4.74 Å². The van der Waals surface area contributed by atoms with Gasteiger partial charge >= 0.3 is 5.97 Å². The smallest absolute Gasteiger partial charge is 0.335 e. The van der Waals surface area contributed by atoms with E-state index in [9.17, 15) is 4.79 Å². The van der Waals surface area contributed by atoms with Crippen molar-refractivity contribution in [3.63, 3.8) is 0 Å². The first-order valence-corrected chi connectivity index (χ1v) is 4.82. The van der Waals surface area contributed by atoms with E-state index < -0.39 is 0 Å². The van der Waals surface area contributed by atoms with E-state index in [1.54, 1.807) is 11.9 Å². The zero-order chi connectivity index (χ0) is 7.98. The third kappa shape index (κ3) is 3.37. The summed E-state index contributed by atoms with van der Waals surface area (Å²) in [6.07, 6.45) is 0. The van der Waals surface area contributed by atoms with Gasteiger partial charge in [0.15, 0.2) is 0 Å². The third-order valence-electron chi connectivity index (χ3n) is 0.813. The minimum absolute atomic E-state index is 0.281. The van der Waals surface area contributed by atoms with Crippen LogP contribution in [-0.4, -0.2) is 17.9 Å². The second kappa shape index (κ2) is 5.92. The number of carbonyl (C=O) groups excluding carboxylic acids is 1. The maximum atomic E-state index is 10.9. The van der Waals surface area contributed by atoms with Crippen molar-refractivity contribution in [2.75, 3.05) is 11.9 Å². The normalized spacial score (nSPS) is 11.3. The summed E-state index contributed by atoms with van der Waals surface area (Å²) >= 11 is 6.20. The summed E-state index contributed by atoms with van der Waals surface area (Å²) in [7, 11) is 0. The molecule has 0 amide bonds. The van der Waals surface area contributed by atoms with Crippen molar-refractivity contribution in [3.05, 3.63) is 10.6 Å². The highest BCUT2D eigenvalue weighted by atomic mass is 79.9. The first-order valence-electron chi connectivity index (χ1n) is 2.78. The Morgan fingerprint density at radius 1 is 1.70 bits per heavy atom. The maximum absolute atomic E-state index is 10.9. The molecule has 0 aliphatic heterocycles. The van der Waals surface area contributed by atoms with Gasteiger partial charge in [-0.1, -0.05) is 31.9 Å². The Kier molecular flexibility index (Phi) is 6.02. The quantitative estimate of drug-likeness (QED) is 0.447. The lowest BCUT2D eigenvalue weighted by Crippen LogP contribution is -2.07. The summed E-state index contributed by atoms with van der Waals surface area (Å²) in [5, 5.41) is 0.511. The molecule has 0 bridgehead atoms. The van der Waals surface area contributed by atoms with Gasteiger partial charge in [-0.15, -0.1) is 0 Å². The van der Waals surface area contributed by atoms with Crippen LogP contribution in [0.1, 0.15) is 6.92 Å². The molecule has 0 aromatic rings. The molecule has 0 aromatic heterocycles. The molecule has 0 atom stereocenters. The predicted molar refractivity (Wildman–Crippen MR) is 47.4 cm³/mol. The van der Waals surface area contributed by atoms with Crippen molar-refractivity contribution in [2.24, 2.45) is 0 Å². The largest absolute Gasteiger partial charge is 0.463 e. The molecule has 0 aliphatic carbocycles. The van der Waals surface area contributed by atoms with E-state index in [1.165, 1.54) is 0 Å². The molecule has 0 aliphatic rings. The Bertz CT molecular complexity index is 143. The Labute approximate surface area is 76.9 Å². The fraction of sp³-hybridized carbons (Fsp3) is 0.500. The minimum Gasteiger partial charge on any atom is -0.463 e. The summed E-state index contributed by atoms with van der Waals surface area (Å²) in [4.78, 5) is 12.4. The third-order valence-corrected chi connectivity index (χ3v) is 1.97. The van der Waals surface area contributed by atoms with Crippen LogP contribution in [0.2, 0.25) is 0 Å². The summed E-state index contributed by atoms with van der Waals surface area (Å²) in [6, 6.07) is 0. The monoisotopic (exact) mass is 270 g/mol. The van der Waals surface area contributed by atoms with E-state index in [-0.39, 0.29) is 5.97 Å². The van der Waals surface area contributed by atoms with E-state index in [0.29, 0.717) is 17.5 Å². The Morgan fingerprint density at radius 3 is 2.60 bits per heavy atom. The summed E-state index contributed by atoms with van der Waals surface area (Å²) < 4.78 is 4.72. The second-order valence-electron chi connectivity index (χ2n) is 1.49. The number of hydrogen-bond donors (Lipinski definition) is 0. The Balaban J connectivity index is 3.91. The molecule has 0 heterocycles. The highest BCUT2D eigenvalue weighted by molar-refractivity contribution is 9.11. The molecule has 58 valence electrons. The molecule has 0 unspecified atom stereocenters. The van der Waals surface area contributed by atoms with E-state index in [4.69, 9.17) is 4.74 Å². The molecule has 0 radical (unpaired) electrons. The van der Waals surface area contributed by atoms with Gasteiger partial charge in [-0.3, -0.25) is 0 Å². The van der Waals surface area contributed by atoms with Crippen LogP contribution in [0, 0.1) is 0 Å². The van der Waals surface area contributed by atoms with Crippen molar-refractivity contribution in [1.29, 1.82) is 0 Å². The lowest BCUT2D eigenvalue weighted by Gasteiger charge is -2.00. The highest BCUT2D eigenvalue weighted by Crippen LogP contribution is 2.05. The topological polar surface area (TPSA) is 26.3 Å². The predicted octanol–water partition coefficient (Wildman–Crippen LogP) is 2.22. The van der Waals surface area contributed by atoms with Crippen molar-refractivity contribution in [2.45, 2.75) is 6.92 Å². The van der Waals surface area contributed by atoms with Crippen LogP contribution in [0.4, 0.5) is 0 Å². The van der Waals surface area contributed by atoms with Crippen LogP contribution in [0.15, 0.2) is 10.6 Å². The molecule has 0 N–H and O–H groups in total. The van der Waals surface area contributed by atoms with Gasteiger partial charge in [0.25, 0.3) is 0 Å². The molecule has 0 aromatic carbocycles. The standard InChI is InChI=1S/C6H8Br2O2/c1-2-10-6(9)5(3-7)4-8/h3H,2,4H2,1H3. The van der Waals surface area contributed by atoms with Gasteiger partial charge in [-0.25, -0.2) is 4.79 Å². The minimum atomic E-state index is -0.281. The lowest BCUT2D eigenvalue weighted by atomic mass is 10.4. The molecule has 10 heavy (non-hydrogen) atoms. The van der Waals surface area contributed by atoms with Gasteiger partial charge in [0, 0.05) is 5.33 Å². The number of halogens is 2. The molecule has 0 fully saturated rings. The van der Waals surface area contributed by atoms with Crippen LogP contribution < -0.4 is 0 Å². The molecule has 4 heteroatoms. The van der Waals surface area contributed by atoms with Crippen molar-refractivity contribution in [3.8, 4) is 0 Å². The molecule has 2 nitrogen and oxygen atoms in total. The molecular formula is C6H8Br2O2. The Hall–Kier alpha value is 0.170. The van der Waals surface area contributed by atoms with Crippen molar-refractivity contribution < 1.29 is 9.53 Å².